The summed E-state index contributed by atoms with van der Waals surface area (Å²) in [6.07, 6.45) is 2.44. The van der Waals surface area contributed by atoms with Crippen LogP contribution in [-0.4, -0.2) is 21.0 Å². The second-order valence-electron chi connectivity index (χ2n) is 4.92. The van der Waals surface area contributed by atoms with Gasteiger partial charge in [-0.2, -0.15) is 13.9 Å². The summed E-state index contributed by atoms with van der Waals surface area (Å²) in [5.74, 6) is 0. The molecule has 0 bridgehead atoms. The monoisotopic (exact) mass is 277 g/mol. The molecule has 0 N–H and O–H groups in total. The highest BCUT2D eigenvalue weighted by molar-refractivity contribution is 5.37. The molecule has 1 saturated heterocycles. The second kappa shape index (κ2) is 5.42. The molecule has 0 atom stereocenters. The number of anilines is 1. The Hall–Kier alpha value is -1.21. The van der Waals surface area contributed by atoms with Gasteiger partial charge in [0.25, 0.3) is 0 Å². The lowest BCUT2D eigenvalue weighted by atomic mass is 9.90. The van der Waals surface area contributed by atoms with Gasteiger partial charge in [-0.1, -0.05) is 13.8 Å². The van der Waals surface area contributed by atoms with Gasteiger partial charge >= 0.3 is 6.55 Å². The Balaban J connectivity index is 0.000000861. The summed E-state index contributed by atoms with van der Waals surface area (Å²) in [5.41, 5.74) is -0.774. The lowest BCUT2D eigenvalue weighted by Gasteiger charge is -2.26. The van der Waals surface area contributed by atoms with E-state index in [0.717, 1.165) is 5.23 Å². The van der Waals surface area contributed by atoms with Gasteiger partial charge in [-0.15, -0.1) is 5.23 Å². The Morgan fingerprint density at radius 1 is 1.11 bits per heavy atom. The van der Waals surface area contributed by atoms with Gasteiger partial charge in [0.05, 0.1) is 12.4 Å². The fourth-order valence-corrected chi connectivity index (χ4v) is 1.29. The van der Waals surface area contributed by atoms with Crippen molar-refractivity contribution < 1.29 is 18.5 Å². The Morgan fingerprint density at radius 2 is 1.58 bits per heavy atom. The molecule has 19 heavy (non-hydrogen) atoms. The second-order valence-corrected chi connectivity index (χ2v) is 4.92. The minimum absolute atomic E-state index is 0.337. The van der Waals surface area contributed by atoms with Gasteiger partial charge in [0.15, 0.2) is 0 Å². The van der Waals surface area contributed by atoms with Crippen LogP contribution >= 0.6 is 0 Å². The average molecular weight is 277 g/mol. The van der Waals surface area contributed by atoms with E-state index in [1.165, 1.54) is 12.4 Å². The van der Waals surface area contributed by atoms with Crippen molar-refractivity contribution in [3.63, 3.8) is 0 Å². The van der Waals surface area contributed by atoms with Crippen molar-refractivity contribution in [2.75, 3.05) is 5.23 Å². The molecule has 1 fully saturated rings. The first-order valence-corrected chi connectivity index (χ1v) is 6.24. The van der Waals surface area contributed by atoms with E-state index in [2.05, 4.69) is 5.10 Å². The number of hydrogen-bond acceptors (Lipinski definition) is 4. The molecule has 1 aliphatic rings. The normalized spacial score (nSPS) is 20.4. The summed E-state index contributed by atoms with van der Waals surface area (Å²) < 4.78 is 25.3. The fourth-order valence-electron chi connectivity index (χ4n) is 1.29. The predicted octanol–water partition coefficient (Wildman–Crippen LogP) is 3.54. The SMILES string of the molecule is CC.CC1(C)ON(c2cnn(C(F)F)c2)OC1(C)C. The van der Waals surface area contributed by atoms with E-state index in [1.54, 1.807) is 0 Å². The van der Waals surface area contributed by atoms with Gasteiger partial charge in [0, 0.05) is 0 Å². The largest absolute Gasteiger partial charge is 0.333 e. The lowest BCUT2D eigenvalue weighted by molar-refractivity contribution is -0.0275. The van der Waals surface area contributed by atoms with Gasteiger partial charge in [0.2, 0.25) is 0 Å². The minimum atomic E-state index is -2.67. The molecule has 110 valence electrons. The van der Waals surface area contributed by atoms with Crippen molar-refractivity contribution in [1.82, 2.24) is 9.78 Å². The third-order valence-corrected chi connectivity index (χ3v) is 3.07. The molecule has 0 radical (unpaired) electrons. The van der Waals surface area contributed by atoms with Crippen LogP contribution in [0.2, 0.25) is 0 Å². The van der Waals surface area contributed by atoms with E-state index in [4.69, 9.17) is 9.68 Å². The smallest absolute Gasteiger partial charge is 0.239 e. The van der Waals surface area contributed by atoms with Crippen LogP contribution in [0, 0.1) is 0 Å². The first kappa shape index (κ1) is 15.8. The summed E-state index contributed by atoms with van der Waals surface area (Å²) in [7, 11) is 0. The zero-order chi connectivity index (χ0) is 14.8. The van der Waals surface area contributed by atoms with Crippen LogP contribution in [0.25, 0.3) is 0 Å². The number of nitrogens with zero attached hydrogens (tertiary/aromatic N) is 3. The number of halogens is 2. The standard InChI is InChI=1S/C10H15F2N3O2.C2H6/c1-9(2)10(3,4)17-15(16-9)7-5-13-14(6-7)8(11)12;1-2/h5-6,8H,1-4H3;1-2H3. The summed E-state index contributed by atoms with van der Waals surface area (Å²) in [6.45, 7) is 8.79. The molecule has 0 aliphatic carbocycles. The molecule has 5 nitrogen and oxygen atoms in total. The van der Waals surface area contributed by atoms with Crippen molar-refractivity contribution in [1.29, 1.82) is 0 Å². The molecule has 0 aromatic carbocycles. The van der Waals surface area contributed by atoms with E-state index >= 15 is 0 Å². The van der Waals surface area contributed by atoms with Gasteiger partial charge in [0.1, 0.15) is 16.9 Å². The van der Waals surface area contributed by atoms with Crippen molar-refractivity contribution >= 4 is 5.69 Å². The zero-order valence-electron chi connectivity index (χ0n) is 12.1. The molecular formula is C12H21F2N3O2. The highest BCUT2D eigenvalue weighted by atomic mass is 19.3. The summed E-state index contributed by atoms with van der Waals surface area (Å²) in [5, 5.41) is 4.65. The fraction of sp³-hybridized carbons (Fsp3) is 0.750. The molecule has 0 amide bonds. The molecule has 2 heterocycles. The molecule has 2 rings (SSSR count). The summed E-state index contributed by atoms with van der Waals surface area (Å²) in [4.78, 5) is 11.1. The Kier molecular flexibility index (Phi) is 4.52. The van der Waals surface area contributed by atoms with Gasteiger partial charge in [-0.3, -0.25) is 0 Å². The summed E-state index contributed by atoms with van der Waals surface area (Å²) >= 11 is 0. The lowest BCUT2D eigenvalue weighted by Crippen LogP contribution is -2.41. The van der Waals surface area contributed by atoms with E-state index in [0.29, 0.717) is 10.4 Å². The highest BCUT2D eigenvalue weighted by Crippen LogP contribution is 2.39. The molecule has 0 unspecified atom stereocenters. The Bertz CT molecular complexity index is 403. The molecular weight excluding hydrogens is 256 g/mol. The molecule has 1 aromatic heterocycles. The third kappa shape index (κ3) is 3.03. The first-order valence-electron chi connectivity index (χ1n) is 6.24. The quantitative estimate of drug-likeness (QED) is 0.829. The highest BCUT2D eigenvalue weighted by Gasteiger charge is 2.50. The maximum atomic E-state index is 12.4. The van der Waals surface area contributed by atoms with E-state index < -0.39 is 17.8 Å². The molecule has 0 spiro atoms. The van der Waals surface area contributed by atoms with Crippen LogP contribution < -0.4 is 5.23 Å². The number of alkyl halides is 2. The van der Waals surface area contributed by atoms with Gasteiger partial charge < -0.3 is 0 Å². The summed E-state index contributed by atoms with van der Waals surface area (Å²) in [6, 6.07) is 0. The number of aromatic nitrogens is 2. The predicted molar refractivity (Wildman–Crippen MR) is 67.6 cm³/mol. The van der Waals surface area contributed by atoms with Crippen LogP contribution in [0.4, 0.5) is 14.5 Å². The van der Waals surface area contributed by atoms with Crippen LogP contribution in [0.1, 0.15) is 48.1 Å². The number of rotatable bonds is 2. The molecule has 7 heteroatoms. The van der Waals surface area contributed by atoms with E-state index in [-0.39, 0.29) is 0 Å². The maximum absolute atomic E-state index is 12.4. The van der Waals surface area contributed by atoms with E-state index in [9.17, 15) is 8.78 Å². The van der Waals surface area contributed by atoms with Crippen LogP contribution in [0.15, 0.2) is 12.4 Å². The topological polar surface area (TPSA) is 39.5 Å². The molecule has 0 saturated carbocycles. The first-order chi connectivity index (χ1) is 8.73. The van der Waals surface area contributed by atoms with E-state index in [1.807, 2.05) is 41.5 Å². The van der Waals surface area contributed by atoms with Crippen molar-refractivity contribution in [3.8, 4) is 0 Å². The Morgan fingerprint density at radius 3 is 1.95 bits per heavy atom. The van der Waals surface area contributed by atoms with Crippen molar-refractivity contribution in [2.45, 2.75) is 59.3 Å². The average Bonchev–Trinajstić information content (AvgIpc) is 2.85. The van der Waals surface area contributed by atoms with Crippen LogP contribution in [0.5, 0.6) is 0 Å². The van der Waals surface area contributed by atoms with Crippen molar-refractivity contribution in [3.05, 3.63) is 12.4 Å². The van der Waals surface area contributed by atoms with Crippen LogP contribution in [-0.2, 0) is 9.68 Å². The maximum Gasteiger partial charge on any atom is 0.333 e. The van der Waals surface area contributed by atoms with Gasteiger partial charge in [-0.25, -0.2) is 14.4 Å². The minimum Gasteiger partial charge on any atom is -0.239 e. The zero-order valence-corrected chi connectivity index (χ0v) is 12.1. The Labute approximate surface area is 112 Å². The molecule has 1 aromatic rings. The van der Waals surface area contributed by atoms with Crippen LogP contribution in [0.3, 0.4) is 0 Å². The molecule has 1 aliphatic heterocycles. The van der Waals surface area contributed by atoms with Gasteiger partial charge in [-0.05, 0) is 27.7 Å². The third-order valence-electron chi connectivity index (χ3n) is 3.07. The number of hydrogen-bond donors (Lipinski definition) is 0. The van der Waals surface area contributed by atoms with Crippen molar-refractivity contribution in [2.24, 2.45) is 0 Å².